The third-order valence-electron chi connectivity index (χ3n) is 2.69. The molecule has 0 fully saturated rings. The van der Waals surface area contributed by atoms with E-state index in [0.29, 0.717) is 11.8 Å². The zero-order chi connectivity index (χ0) is 13.7. The van der Waals surface area contributed by atoms with Gasteiger partial charge in [0.05, 0.1) is 12.4 Å². The predicted octanol–water partition coefficient (Wildman–Crippen LogP) is 1.81. The van der Waals surface area contributed by atoms with Crippen molar-refractivity contribution in [3.63, 3.8) is 0 Å². The van der Waals surface area contributed by atoms with Gasteiger partial charge in [-0.1, -0.05) is 6.92 Å². The number of nitrogens with zero attached hydrogens (tertiary/aromatic N) is 4. The van der Waals surface area contributed by atoms with E-state index in [1.54, 1.807) is 23.3 Å². The Kier molecular flexibility index (Phi) is 4.46. The minimum Gasteiger partial charge on any atom is -0.421 e. The topological polar surface area (TPSA) is 64.9 Å². The maximum atomic E-state index is 5.53. The van der Waals surface area contributed by atoms with Crippen LogP contribution in [0.15, 0.2) is 18.6 Å². The number of aromatic nitrogens is 4. The standard InChI is InChI=1S/C13H19N5O/c1-4-5-14-6-11-7-15-13(17-10(11)2)19-12-8-16-18(3)9-12/h7-9,14H,4-6H2,1-3H3. The summed E-state index contributed by atoms with van der Waals surface area (Å²) >= 11 is 0. The molecule has 0 aromatic carbocycles. The minimum absolute atomic E-state index is 0.352. The summed E-state index contributed by atoms with van der Waals surface area (Å²) in [7, 11) is 1.83. The first-order valence-electron chi connectivity index (χ1n) is 6.38. The number of aryl methyl sites for hydroxylation is 2. The van der Waals surface area contributed by atoms with Crippen LogP contribution in [-0.2, 0) is 13.6 Å². The van der Waals surface area contributed by atoms with Gasteiger partial charge in [0.1, 0.15) is 0 Å². The molecule has 0 aliphatic carbocycles. The number of ether oxygens (including phenoxy) is 1. The SMILES string of the molecule is CCCNCc1cnc(Oc2cnn(C)c2)nc1C. The molecule has 19 heavy (non-hydrogen) atoms. The highest BCUT2D eigenvalue weighted by Crippen LogP contribution is 2.17. The van der Waals surface area contributed by atoms with Crippen LogP contribution < -0.4 is 10.1 Å². The summed E-state index contributed by atoms with van der Waals surface area (Å²) in [5.41, 5.74) is 2.02. The average molecular weight is 261 g/mol. The van der Waals surface area contributed by atoms with E-state index < -0.39 is 0 Å². The smallest absolute Gasteiger partial charge is 0.322 e. The molecule has 0 bridgehead atoms. The molecule has 2 rings (SSSR count). The van der Waals surface area contributed by atoms with Gasteiger partial charge >= 0.3 is 6.01 Å². The van der Waals surface area contributed by atoms with Gasteiger partial charge in [0.15, 0.2) is 5.75 Å². The van der Waals surface area contributed by atoms with Crippen LogP contribution in [0.4, 0.5) is 0 Å². The van der Waals surface area contributed by atoms with E-state index >= 15 is 0 Å². The molecule has 0 atom stereocenters. The molecule has 0 amide bonds. The van der Waals surface area contributed by atoms with Gasteiger partial charge in [-0.2, -0.15) is 10.1 Å². The van der Waals surface area contributed by atoms with Crippen molar-refractivity contribution < 1.29 is 4.74 Å². The Bertz CT molecular complexity index is 538. The lowest BCUT2D eigenvalue weighted by Gasteiger charge is -2.07. The van der Waals surface area contributed by atoms with E-state index in [1.807, 2.05) is 14.0 Å². The second-order valence-corrected chi connectivity index (χ2v) is 4.39. The molecule has 2 heterocycles. The molecule has 6 nitrogen and oxygen atoms in total. The third kappa shape index (κ3) is 3.75. The molecule has 0 saturated carbocycles. The van der Waals surface area contributed by atoms with Crippen LogP contribution in [-0.4, -0.2) is 26.3 Å². The second-order valence-electron chi connectivity index (χ2n) is 4.39. The van der Waals surface area contributed by atoms with Gasteiger partial charge in [0.2, 0.25) is 0 Å². The molecule has 2 aromatic heterocycles. The molecule has 1 N–H and O–H groups in total. The van der Waals surface area contributed by atoms with Crippen molar-refractivity contribution in [1.29, 1.82) is 0 Å². The van der Waals surface area contributed by atoms with Crippen molar-refractivity contribution in [1.82, 2.24) is 25.1 Å². The van der Waals surface area contributed by atoms with Crippen LogP contribution in [0.5, 0.6) is 11.8 Å². The van der Waals surface area contributed by atoms with Gasteiger partial charge in [0, 0.05) is 31.0 Å². The Morgan fingerprint density at radius 2 is 2.21 bits per heavy atom. The van der Waals surface area contributed by atoms with Crippen molar-refractivity contribution in [2.24, 2.45) is 7.05 Å². The van der Waals surface area contributed by atoms with Gasteiger partial charge in [-0.25, -0.2) is 4.98 Å². The van der Waals surface area contributed by atoms with Crippen LogP contribution in [0.3, 0.4) is 0 Å². The van der Waals surface area contributed by atoms with Gasteiger partial charge in [0.25, 0.3) is 0 Å². The first-order chi connectivity index (χ1) is 9.19. The number of hydrogen-bond acceptors (Lipinski definition) is 5. The summed E-state index contributed by atoms with van der Waals surface area (Å²) in [6, 6.07) is 0.352. The van der Waals surface area contributed by atoms with Crippen LogP contribution in [0.2, 0.25) is 0 Å². The molecule has 0 saturated heterocycles. The summed E-state index contributed by atoms with van der Waals surface area (Å²) in [6.07, 6.45) is 6.32. The number of nitrogens with one attached hydrogen (secondary N) is 1. The summed E-state index contributed by atoms with van der Waals surface area (Å²) < 4.78 is 7.21. The molecule has 0 aliphatic rings. The quantitative estimate of drug-likeness (QED) is 0.803. The highest BCUT2D eigenvalue weighted by atomic mass is 16.5. The monoisotopic (exact) mass is 261 g/mol. The first-order valence-corrected chi connectivity index (χ1v) is 6.38. The molecular formula is C13H19N5O. The second kappa shape index (κ2) is 6.29. The van der Waals surface area contributed by atoms with Gasteiger partial charge in [-0.15, -0.1) is 0 Å². The fourth-order valence-electron chi connectivity index (χ4n) is 1.65. The maximum absolute atomic E-state index is 5.53. The Balaban J connectivity index is 2.01. The van der Waals surface area contributed by atoms with E-state index in [1.165, 1.54) is 0 Å². The van der Waals surface area contributed by atoms with Gasteiger partial charge in [-0.3, -0.25) is 4.68 Å². The maximum Gasteiger partial charge on any atom is 0.322 e. The Morgan fingerprint density at radius 3 is 2.84 bits per heavy atom. The highest BCUT2D eigenvalue weighted by molar-refractivity contribution is 5.21. The molecule has 0 unspecified atom stereocenters. The lowest BCUT2D eigenvalue weighted by Crippen LogP contribution is -2.15. The third-order valence-corrected chi connectivity index (χ3v) is 2.69. The van der Waals surface area contributed by atoms with E-state index in [0.717, 1.165) is 30.8 Å². The van der Waals surface area contributed by atoms with Crippen molar-refractivity contribution in [2.75, 3.05) is 6.54 Å². The molecule has 102 valence electrons. The number of hydrogen-bond donors (Lipinski definition) is 1. The predicted molar refractivity (Wildman–Crippen MR) is 72.0 cm³/mol. The van der Waals surface area contributed by atoms with Crippen LogP contribution in [0.25, 0.3) is 0 Å². The summed E-state index contributed by atoms with van der Waals surface area (Å²) in [5, 5.41) is 7.36. The summed E-state index contributed by atoms with van der Waals surface area (Å²) in [5.74, 6) is 0.638. The lowest BCUT2D eigenvalue weighted by molar-refractivity contribution is 0.438. The summed E-state index contributed by atoms with van der Waals surface area (Å²) in [6.45, 7) is 5.88. The zero-order valence-electron chi connectivity index (χ0n) is 11.6. The van der Waals surface area contributed by atoms with Gasteiger partial charge in [-0.05, 0) is 19.9 Å². The fourth-order valence-corrected chi connectivity index (χ4v) is 1.65. The van der Waals surface area contributed by atoms with Crippen molar-refractivity contribution in [3.05, 3.63) is 29.8 Å². The lowest BCUT2D eigenvalue weighted by atomic mass is 10.2. The minimum atomic E-state index is 0.352. The fraction of sp³-hybridized carbons (Fsp3) is 0.462. The van der Waals surface area contributed by atoms with E-state index in [-0.39, 0.29) is 0 Å². The molecule has 0 spiro atoms. The highest BCUT2D eigenvalue weighted by Gasteiger charge is 2.06. The normalized spacial score (nSPS) is 10.7. The van der Waals surface area contributed by atoms with Crippen molar-refractivity contribution in [3.8, 4) is 11.8 Å². The average Bonchev–Trinajstić information content (AvgIpc) is 2.78. The Labute approximate surface area is 112 Å². The zero-order valence-corrected chi connectivity index (χ0v) is 11.6. The first kappa shape index (κ1) is 13.5. The molecule has 0 aliphatic heterocycles. The largest absolute Gasteiger partial charge is 0.421 e. The van der Waals surface area contributed by atoms with Crippen molar-refractivity contribution >= 4 is 0 Å². The number of rotatable bonds is 6. The van der Waals surface area contributed by atoms with Gasteiger partial charge < -0.3 is 10.1 Å². The Hall–Kier alpha value is -1.95. The van der Waals surface area contributed by atoms with E-state index in [2.05, 4.69) is 27.3 Å². The molecule has 0 radical (unpaired) electrons. The van der Waals surface area contributed by atoms with Crippen LogP contribution >= 0.6 is 0 Å². The molecule has 2 aromatic rings. The van der Waals surface area contributed by atoms with Crippen LogP contribution in [0.1, 0.15) is 24.6 Å². The molecule has 6 heteroatoms. The molecular weight excluding hydrogens is 242 g/mol. The van der Waals surface area contributed by atoms with E-state index in [4.69, 9.17) is 4.74 Å². The van der Waals surface area contributed by atoms with Crippen LogP contribution in [0, 0.1) is 6.92 Å². The van der Waals surface area contributed by atoms with E-state index in [9.17, 15) is 0 Å². The summed E-state index contributed by atoms with van der Waals surface area (Å²) in [4.78, 5) is 8.56. The Morgan fingerprint density at radius 1 is 1.37 bits per heavy atom. The van der Waals surface area contributed by atoms with Crippen molar-refractivity contribution in [2.45, 2.75) is 26.8 Å².